The molecule has 5 nitrogen and oxygen atoms in total. The Morgan fingerprint density at radius 2 is 1.80 bits per heavy atom. The summed E-state index contributed by atoms with van der Waals surface area (Å²) in [5, 5.41) is 0. The molecule has 0 saturated carbocycles. The first-order valence-corrected chi connectivity index (χ1v) is 6.66. The van der Waals surface area contributed by atoms with E-state index in [0.29, 0.717) is 0 Å². The number of rotatable bonds is 4. The summed E-state index contributed by atoms with van der Waals surface area (Å²) in [4.78, 5) is 22.7. The molecule has 20 heavy (non-hydrogen) atoms. The minimum atomic E-state index is -1.77. The van der Waals surface area contributed by atoms with Crippen molar-refractivity contribution < 1.29 is 19.1 Å². The van der Waals surface area contributed by atoms with E-state index in [1.54, 1.807) is 12.1 Å². The van der Waals surface area contributed by atoms with Crippen LogP contribution < -0.4 is 5.73 Å². The number of ether oxygens (including phenoxy) is 2. The van der Waals surface area contributed by atoms with Gasteiger partial charge < -0.3 is 15.2 Å². The van der Waals surface area contributed by atoms with Crippen LogP contribution in [0, 0.1) is 0 Å². The fourth-order valence-corrected chi connectivity index (χ4v) is 1.44. The Bertz CT molecular complexity index is 462. The maximum Gasteiger partial charge on any atom is 0.516 e. The number of hydrogen-bond donors (Lipinski definition) is 1. The zero-order valence-electron chi connectivity index (χ0n) is 10.2. The van der Waals surface area contributed by atoms with E-state index in [1.807, 2.05) is 18.2 Å². The van der Waals surface area contributed by atoms with Gasteiger partial charge in [0.2, 0.25) is 3.79 Å². The summed E-state index contributed by atoms with van der Waals surface area (Å²) in [7, 11) is 0. The molecular weight excluding hydrogens is 328 g/mol. The predicted molar refractivity (Wildman–Crippen MR) is 75.9 cm³/mol. The Balaban J connectivity index is 2.40. The molecule has 1 aromatic rings. The van der Waals surface area contributed by atoms with E-state index in [4.69, 9.17) is 40.5 Å². The maximum atomic E-state index is 11.5. The molecule has 1 atom stereocenters. The topological polar surface area (TPSA) is 78.6 Å². The molecule has 0 amide bonds. The van der Waals surface area contributed by atoms with Gasteiger partial charge >= 0.3 is 12.1 Å². The number of nitrogens with two attached hydrogens (primary N) is 1. The van der Waals surface area contributed by atoms with Crippen molar-refractivity contribution in [2.75, 3.05) is 6.61 Å². The first kappa shape index (κ1) is 17.0. The van der Waals surface area contributed by atoms with Gasteiger partial charge in [0.1, 0.15) is 12.6 Å². The van der Waals surface area contributed by atoms with Crippen LogP contribution in [0.3, 0.4) is 0 Å². The SMILES string of the molecule is N[C@@H](Cc1ccccc1)C(=O)OC(=O)OCC(Cl)(Cl)Cl. The zero-order valence-corrected chi connectivity index (χ0v) is 12.5. The highest BCUT2D eigenvalue weighted by atomic mass is 35.6. The summed E-state index contributed by atoms with van der Waals surface area (Å²) in [6.45, 7) is -0.530. The van der Waals surface area contributed by atoms with Gasteiger partial charge in [-0.2, -0.15) is 0 Å². The second kappa shape index (κ2) is 7.69. The molecule has 0 radical (unpaired) electrons. The van der Waals surface area contributed by atoms with Crippen LogP contribution in [-0.2, 0) is 20.7 Å². The molecule has 110 valence electrons. The minimum absolute atomic E-state index is 0.234. The quantitative estimate of drug-likeness (QED) is 0.518. The normalized spacial score (nSPS) is 12.6. The largest absolute Gasteiger partial charge is 0.516 e. The van der Waals surface area contributed by atoms with E-state index in [0.717, 1.165) is 5.56 Å². The molecule has 0 spiro atoms. The van der Waals surface area contributed by atoms with Crippen LogP contribution in [0.1, 0.15) is 5.56 Å². The van der Waals surface area contributed by atoms with Crippen LogP contribution in [0.4, 0.5) is 4.79 Å². The van der Waals surface area contributed by atoms with E-state index in [-0.39, 0.29) is 6.42 Å². The lowest BCUT2D eigenvalue weighted by molar-refractivity contribution is -0.141. The molecule has 1 aromatic carbocycles. The Labute approximate surface area is 130 Å². The first-order chi connectivity index (χ1) is 9.28. The number of esters is 1. The van der Waals surface area contributed by atoms with Gasteiger partial charge in [0.25, 0.3) is 0 Å². The fraction of sp³-hybridized carbons (Fsp3) is 0.333. The Morgan fingerprint density at radius 3 is 2.35 bits per heavy atom. The average Bonchev–Trinajstić information content (AvgIpc) is 2.36. The van der Waals surface area contributed by atoms with Crippen molar-refractivity contribution in [2.24, 2.45) is 5.73 Å². The number of carbonyl (C=O) groups excluding carboxylic acids is 2. The van der Waals surface area contributed by atoms with E-state index in [2.05, 4.69) is 9.47 Å². The second-order valence-corrected chi connectivity index (χ2v) is 6.39. The van der Waals surface area contributed by atoms with Crippen molar-refractivity contribution in [3.63, 3.8) is 0 Å². The summed E-state index contributed by atoms with van der Waals surface area (Å²) in [5.74, 6) is -0.914. The molecule has 0 saturated heterocycles. The molecule has 2 N–H and O–H groups in total. The highest BCUT2D eigenvalue weighted by Gasteiger charge is 2.25. The van der Waals surface area contributed by atoms with Crippen LogP contribution in [-0.4, -0.2) is 28.6 Å². The fourth-order valence-electron chi connectivity index (χ4n) is 1.28. The third kappa shape index (κ3) is 6.96. The molecule has 0 aromatic heterocycles. The minimum Gasteiger partial charge on any atom is -0.429 e. The van der Waals surface area contributed by atoms with Crippen LogP contribution in [0.5, 0.6) is 0 Å². The van der Waals surface area contributed by atoms with Crippen molar-refractivity contribution in [2.45, 2.75) is 16.3 Å². The van der Waals surface area contributed by atoms with Gasteiger partial charge in [0.05, 0.1) is 0 Å². The lowest BCUT2D eigenvalue weighted by Crippen LogP contribution is -2.36. The monoisotopic (exact) mass is 339 g/mol. The van der Waals surface area contributed by atoms with E-state index >= 15 is 0 Å². The average molecular weight is 341 g/mol. The predicted octanol–water partition coefficient (Wildman–Crippen LogP) is 2.61. The highest BCUT2D eigenvalue weighted by Crippen LogP contribution is 2.26. The molecule has 8 heteroatoms. The molecule has 0 unspecified atom stereocenters. The number of alkyl halides is 3. The van der Waals surface area contributed by atoms with Gasteiger partial charge in [-0.3, -0.25) is 0 Å². The van der Waals surface area contributed by atoms with Crippen molar-refractivity contribution in [1.29, 1.82) is 0 Å². The summed E-state index contributed by atoms with van der Waals surface area (Å²) in [6.07, 6.45) is -1.03. The number of benzene rings is 1. The molecule has 1 rings (SSSR count). The third-order valence-corrected chi connectivity index (χ3v) is 2.47. The molecule has 0 aliphatic heterocycles. The summed E-state index contributed by atoms with van der Waals surface area (Å²) < 4.78 is 7.05. The van der Waals surface area contributed by atoms with Crippen LogP contribution in [0.2, 0.25) is 0 Å². The first-order valence-electron chi connectivity index (χ1n) is 5.52. The molecule has 0 heterocycles. The van der Waals surface area contributed by atoms with Gasteiger partial charge in [0, 0.05) is 0 Å². The van der Waals surface area contributed by atoms with Crippen molar-refractivity contribution >= 4 is 46.9 Å². The van der Waals surface area contributed by atoms with Gasteiger partial charge in [0.15, 0.2) is 0 Å². The summed E-state index contributed by atoms with van der Waals surface area (Å²) in [6, 6.07) is 8.06. The standard InChI is InChI=1S/C12H12Cl3NO4/c13-12(14,15)7-19-11(18)20-10(17)9(16)6-8-4-2-1-3-5-8/h1-5,9H,6-7,16H2/t9-/m0/s1. The van der Waals surface area contributed by atoms with Gasteiger partial charge in [-0.15, -0.1) is 0 Å². The molecular formula is C12H12Cl3NO4. The van der Waals surface area contributed by atoms with Crippen molar-refractivity contribution in [3.8, 4) is 0 Å². The maximum absolute atomic E-state index is 11.5. The molecule has 0 aliphatic rings. The molecule has 0 fully saturated rings. The third-order valence-electron chi connectivity index (χ3n) is 2.14. The number of halogens is 3. The van der Waals surface area contributed by atoms with Gasteiger partial charge in [-0.25, -0.2) is 9.59 Å². The van der Waals surface area contributed by atoms with Gasteiger partial charge in [-0.05, 0) is 12.0 Å². The zero-order chi connectivity index (χ0) is 15.2. The number of carbonyl (C=O) groups is 2. The van der Waals surface area contributed by atoms with Crippen molar-refractivity contribution in [3.05, 3.63) is 35.9 Å². The second-order valence-electron chi connectivity index (χ2n) is 3.87. The Kier molecular flexibility index (Phi) is 6.55. The highest BCUT2D eigenvalue weighted by molar-refractivity contribution is 6.67. The summed E-state index contributed by atoms with van der Waals surface area (Å²) in [5.41, 5.74) is 6.46. The van der Waals surface area contributed by atoms with E-state index < -0.39 is 28.6 Å². The van der Waals surface area contributed by atoms with Crippen LogP contribution in [0.25, 0.3) is 0 Å². The van der Waals surface area contributed by atoms with Crippen molar-refractivity contribution in [1.82, 2.24) is 0 Å². The lowest BCUT2D eigenvalue weighted by Gasteiger charge is -2.12. The molecule has 0 aliphatic carbocycles. The smallest absolute Gasteiger partial charge is 0.429 e. The van der Waals surface area contributed by atoms with Crippen LogP contribution in [0.15, 0.2) is 30.3 Å². The lowest BCUT2D eigenvalue weighted by atomic mass is 10.1. The summed E-state index contributed by atoms with van der Waals surface area (Å²) >= 11 is 16.1. The Morgan fingerprint density at radius 1 is 1.20 bits per heavy atom. The van der Waals surface area contributed by atoms with E-state index in [1.165, 1.54) is 0 Å². The molecule has 0 bridgehead atoms. The van der Waals surface area contributed by atoms with E-state index in [9.17, 15) is 9.59 Å². The van der Waals surface area contributed by atoms with Gasteiger partial charge in [-0.1, -0.05) is 65.1 Å². The van der Waals surface area contributed by atoms with Crippen LogP contribution >= 0.6 is 34.8 Å². The number of hydrogen-bond acceptors (Lipinski definition) is 5. The Hall–Kier alpha value is -1.01.